The second kappa shape index (κ2) is 4.43. The average molecular weight is 242 g/mol. The molecule has 9 heteroatoms. The number of nitrogens with zero attached hydrogens (tertiary/aromatic N) is 2. The van der Waals surface area contributed by atoms with Crippen molar-refractivity contribution in [3.8, 4) is 0 Å². The van der Waals surface area contributed by atoms with Crippen molar-refractivity contribution in [1.82, 2.24) is 4.98 Å². The molecule has 0 aliphatic rings. The van der Waals surface area contributed by atoms with Gasteiger partial charge in [-0.25, -0.2) is 4.98 Å². The van der Waals surface area contributed by atoms with Gasteiger partial charge in [-0.3, -0.25) is 0 Å². The van der Waals surface area contributed by atoms with Gasteiger partial charge in [-0.2, -0.15) is 13.2 Å². The summed E-state index contributed by atoms with van der Waals surface area (Å²) in [5, 5.41) is 8.71. The first-order valence-corrected chi connectivity index (χ1v) is 4.56. The molecular formula is C6H5F3N2O3S. The molecule has 0 spiro atoms. The number of hydrogen-bond donors (Lipinski definition) is 0. The van der Waals surface area contributed by atoms with E-state index >= 15 is 0 Å². The van der Waals surface area contributed by atoms with Gasteiger partial charge in [0.2, 0.25) is 0 Å². The third-order valence-electron chi connectivity index (χ3n) is 1.44. The lowest BCUT2D eigenvalue weighted by Crippen LogP contribution is -2.11. The van der Waals surface area contributed by atoms with Crippen LogP contribution in [0.25, 0.3) is 0 Å². The molecule has 1 rings (SSSR count). The molecule has 0 saturated heterocycles. The van der Waals surface area contributed by atoms with Crippen LogP contribution in [0.15, 0.2) is 5.51 Å². The Morgan fingerprint density at radius 3 is 2.80 bits per heavy atom. The van der Waals surface area contributed by atoms with Crippen LogP contribution in [0.1, 0.15) is 10.6 Å². The molecule has 1 aromatic heterocycles. The maximum atomic E-state index is 12.2. The lowest BCUT2D eigenvalue weighted by atomic mass is 10.3. The minimum absolute atomic E-state index is 0.0654. The zero-order valence-corrected chi connectivity index (χ0v) is 7.97. The van der Waals surface area contributed by atoms with Crippen LogP contribution in [0, 0.1) is 10.1 Å². The Hall–Kier alpha value is -1.38. The Morgan fingerprint density at radius 1 is 1.60 bits per heavy atom. The smallest absolute Gasteiger partial charge is 0.314 e. The molecule has 0 atom stereocenters. The molecule has 0 amide bonds. The Balaban J connectivity index is 2.62. The topological polar surface area (TPSA) is 65.3 Å². The zero-order valence-electron chi connectivity index (χ0n) is 7.15. The summed E-state index contributed by atoms with van der Waals surface area (Å²) in [6.45, 7) is -0.404. The van der Waals surface area contributed by atoms with E-state index in [2.05, 4.69) is 9.82 Å². The van der Waals surface area contributed by atoms with Crippen molar-refractivity contribution in [1.29, 1.82) is 0 Å². The maximum Gasteiger partial charge on any atom is 0.434 e. The van der Waals surface area contributed by atoms with Crippen molar-refractivity contribution in [2.45, 2.75) is 12.6 Å². The summed E-state index contributed by atoms with van der Waals surface area (Å²) in [5.41, 5.74) is 0.0454. The normalized spacial score (nSPS) is 11.4. The molecule has 0 saturated carbocycles. The zero-order chi connectivity index (χ0) is 11.5. The molecule has 1 heterocycles. The van der Waals surface area contributed by atoms with Crippen molar-refractivity contribution in [3.05, 3.63) is 26.2 Å². The lowest BCUT2D eigenvalue weighted by Gasteiger charge is -2.05. The first kappa shape index (κ1) is 11.7. The fourth-order valence-electron chi connectivity index (χ4n) is 0.892. The van der Waals surface area contributed by atoms with E-state index in [-0.39, 0.29) is 11.3 Å². The van der Waals surface area contributed by atoms with Gasteiger partial charge < -0.3 is 4.84 Å². The minimum Gasteiger partial charge on any atom is -0.314 e. The first-order valence-electron chi connectivity index (χ1n) is 3.68. The highest BCUT2D eigenvalue weighted by Gasteiger charge is 2.35. The fraction of sp³-hybridized carbons (Fsp3) is 0.500. The summed E-state index contributed by atoms with van der Waals surface area (Å²) in [4.78, 5) is 16.8. The maximum absolute atomic E-state index is 12.2. The number of aromatic nitrogens is 1. The van der Waals surface area contributed by atoms with E-state index in [0.29, 0.717) is 0 Å². The van der Waals surface area contributed by atoms with E-state index in [4.69, 9.17) is 0 Å². The lowest BCUT2D eigenvalue weighted by molar-refractivity contribution is -0.757. The molecule has 5 nitrogen and oxygen atoms in total. The quantitative estimate of drug-likeness (QED) is 0.597. The third-order valence-corrected chi connectivity index (χ3v) is 2.33. The van der Waals surface area contributed by atoms with Crippen LogP contribution < -0.4 is 0 Å². The highest BCUT2D eigenvalue weighted by atomic mass is 32.1. The molecule has 0 unspecified atom stereocenters. The molecule has 1 aromatic rings. The van der Waals surface area contributed by atoms with Gasteiger partial charge in [0.1, 0.15) is 6.61 Å². The molecule has 0 aromatic carbocycles. The van der Waals surface area contributed by atoms with E-state index in [1.165, 1.54) is 0 Å². The summed E-state index contributed by atoms with van der Waals surface area (Å²) in [5.74, 6) is 0. The second-order valence-corrected chi connectivity index (χ2v) is 3.37. The molecule has 84 valence electrons. The summed E-state index contributed by atoms with van der Waals surface area (Å²) >= 11 is 0.794. The average Bonchev–Trinajstić information content (AvgIpc) is 2.50. The predicted molar refractivity (Wildman–Crippen MR) is 43.8 cm³/mol. The van der Waals surface area contributed by atoms with Crippen LogP contribution in [0.4, 0.5) is 13.2 Å². The Morgan fingerprint density at radius 2 is 2.27 bits per heavy atom. The van der Waals surface area contributed by atoms with E-state index < -0.39 is 23.6 Å². The monoisotopic (exact) mass is 242 g/mol. The van der Waals surface area contributed by atoms with E-state index in [0.717, 1.165) is 16.8 Å². The summed E-state index contributed by atoms with van der Waals surface area (Å²) < 4.78 is 36.7. The molecule has 0 aliphatic heterocycles. The standard InChI is InChI=1S/C6H5F3N2O3S/c7-6(8,9)5-4(15-3-10-5)1-2-14-11(12)13/h3H,1-2H2. The SMILES string of the molecule is O=[N+]([O-])OCCc1scnc1C(F)(F)F. The summed E-state index contributed by atoms with van der Waals surface area (Å²) in [7, 11) is 0. The molecule has 0 aliphatic carbocycles. The Kier molecular flexibility index (Phi) is 3.45. The number of thiazole rings is 1. The predicted octanol–water partition coefficient (Wildman–Crippen LogP) is 1.91. The molecule has 0 radical (unpaired) electrons. The Labute approximate surface area is 85.6 Å². The van der Waals surface area contributed by atoms with Gasteiger partial charge >= 0.3 is 6.18 Å². The van der Waals surface area contributed by atoms with Gasteiger partial charge in [-0.15, -0.1) is 21.5 Å². The summed E-state index contributed by atoms with van der Waals surface area (Å²) in [6.07, 6.45) is -4.70. The van der Waals surface area contributed by atoms with E-state index in [1.807, 2.05) is 0 Å². The van der Waals surface area contributed by atoms with Crippen molar-refractivity contribution in [2.75, 3.05) is 6.61 Å². The largest absolute Gasteiger partial charge is 0.434 e. The first-order chi connectivity index (χ1) is 6.91. The number of alkyl halides is 3. The van der Waals surface area contributed by atoms with Gasteiger partial charge in [-0.05, 0) is 0 Å². The van der Waals surface area contributed by atoms with Gasteiger partial charge in [0.15, 0.2) is 5.69 Å². The van der Waals surface area contributed by atoms with Crippen LogP contribution >= 0.6 is 11.3 Å². The van der Waals surface area contributed by atoms with Crippen molar-refractivity contribution in [2.24, 2.45) is 0 Å². The minimum atomic E-state index is -4.52. The van der Waals surface area contributed by atoms with Gasteiger partial charge in [0, 0.05) is 11.3 Å². The van der Waals surface area contributed by atoms with Gasteiger partial charge in [0.25, 0.3) is 5.09 Å². The molecule has 0 fully saturated rings. The third kappa shape index (κ3) is 3.35. The molecular weight excluding hydrogens is 237 g/mol. The highest BCUT2D eigenvalue weighted by Crippen LogP contribution is 2.32. The van der Waals surface area contributed by atoms with E-state index in [1.54, 1.807) is 0 Å². The molecule has 15 heavy (non-hydrogen) atoms. The van der Waals surface area contributed by atoms with Crippen LogP contribution in [-0.2, 0) is 17.4 Å². The van der Waals surface area contributed by atoms with Crippen molar-refractivity contribution >= 4 is 11.3 Å². The van der Waals surface area contributed by atoms with Crippen LogP contribution in [0.2, 0.25) is 0 Å². The fourth-order valence-corrected chi connectivity index (χ4v) is 1.66. The summed E-state index contributed by atoms with van der Waals surface area (Å²) in [6, 6.07) is 0. The number of hydrogen-bond acceptors (Lipinski definition) is 5. The van der Waals surface area contributed by atoms with Crippen LogP contribution in [0.5, 0.6) is 0 Å². The number of halogens is 3. The van der Waals surface area contributed by atoms with Gasteiger partial charge in [0.05, 0.1) is 5.51 Å². The number of rotatable bonds is 4. The van der Waals surface area contributed by atoms with Crippen molar-refractivity contribution in [3.63, 3.8) is 0 Å². The Bertz CT molecular complexity index is 352. The van der Waals surface area contributed by atoms with E-state index in [9.17, 15) is 23.3 Å². The highest BCUT2D eigenvalue weighted by molar-refractivity contribution is 7.09. The van der Waals surface area contributed by atoms with Gasteiger partial charge in [-0.1, -0.05) is 0 Å². The molecule has 0 N–H and O–H groups in total. The van der Waals surface area contributed by atoms with Crippen LogP contribution in [-0.4, -0.2) is 16.7 Å². The molecule has 0 bridgehead atoms. The van der Waals surface area contributed by atoms with Crippen molar-refractivity contribution < 1.29 is 23.1 Å². The van der Waals surface area contributed by atoms with Crippen LogP contribution in [0.3, 0.4) is 0 Å². The second-order valence-electron chi connectivity index (χ2n) is 2.43.